The molecule has 34 heavy (non-hydrogen) atoms. The van der Waals surface area contributed by atoms with Gasteiger partial charge in [-0.25, -0.2) is 0 Å². The first kappa shape index (κ1) is 24.6. The summed E-state index contributed by atoms with van der Waals surface area (Å²) in [5, 5.41) is 29.8. The van der Waals surface area contributed by atoms with Crippen molar-refractivity contribution in [2.24, 2.45) is 28.1 Å². The van der Waals surface area contributed by atoms with Gasteiger partial charge in [-0.1, -0.05) is 5.22 Å². The third-order valence-corrected chi connectivity index (χ3v) is 8.40. The van der Waals surface area contributed by atoms with Gasteiger partial charge in [-0.2, -0.15) is 5.11 Å². The van der Waals surface area contributed by atoms with Crippen molar-refractivity contribution in [3.63, 3.8) is 0 Å². The van der Waals surface area contributed by atoms with E-state index in [1.165, 1.54) is 0 Å². The van der Waals surface area contributed by atoms with Crippen LogP contribution < -0.4 is 5.43 Å². The van der Waals surface area contributed by atoms with E-state index in [1.807, 2.05) is 4.90 Å². The Morgan fingerprint density at radius 2 is 1.65 bits per heavy atom. The minimum Gasteiger partial charge on any atom is -0.378 e. The van der Waals surface area contributed by atoms with Crippen molar-refractivity contribution in [2.75, 3.05) is 32.8 Å². The van der Waals surface area contributed by atoms with Crippen LogP contribution in [0.3, 0.4) is 0 Å². The van der Waals surface area contributed by atoms with E-state index in [4.69, 9.17) is 4.74 Å². The summed E-state index contributed by atoms with van der Waals surface area (Å²) in [4.78, 5) is 4.19. The third kappa shape index (κ3) is 5.67. The Bertz CT molecular complexity index is 717. The zero-order valence-electron chi connectivity index (χ0n) is 19.3. The maximum Gasteiger partial charge on any atom is 0.522 e. The quantitative estimate of drug-likeness (QED) is 0.500. The van der Waals surface area contributed by atoms with E-state index in [0.717, 1.165) is 45.4 Å². The molecule has 0 spiro atoms. The molecule has 0 aromatic carbocycles. The fraction of sp³-hybridized carbons (Fsp3) is 1.00. The molecule has 9 atom stereocenters. The number of aliphatic hydroxyl groups is 2. The largest absolute Gasteiger partial charge is 0.522 e. The Hall–Kier alpha value is -1.05. The lowest BCUT2D eigenvalue weighted by Crippen LogP contribution is -2.47. The molecule has 2 saturated carbocycles. The molecule has 2 saturated heterocycles. The van der Waals surface area contributed by atoms with Gasteiger partial charge >= 0.3 is 6.36 Å². The molecule has 3 heterocycles. The minimum absolute atomic E-state index is 0.0862. The van der Waals surface area contributed by atoms with Crippen molar-refractivity contribution in [1.29, 1.82) is 0 Å². The van der Waals surface area contributed by atoms with Crippen molar-refractivity contribution in [3.05, 3.63) is 0 Å². The van der Waals surface area contributed by atoms with E-state index in [0.29, 0.717) is 31.1 Å². The number of aliphatic hydroxyl groups excluding tert-OH is 2. The highest BCUT2D eigenvalue weighted by molar-refractivity contribution is 4.97. The van der Waals surface area contributed by atoms with Gasteiger partial charge in [0.2, 0.25) is 0 Å². The van der Waals surface area contributed by atoms with Crippen LogP contribution in [0, 0.1) is 17.8 Å². The minimum atomic E-state index is -4.63. The van der Waals surface area contributed by atoms with Crippen LogP contribution in [-0.2, 0) is 9.47 Å². The first-order chi connectivity index (χ1) is 16.2. The van der Waals surface area contributed by atoms with Crippen LogP contribution in [0.5, 0.6) is 0 Å². The van der Waals surface area contributed by atoms with Gasteiger partial charge in [0.1, 0.15) is 12.5 Å². The maximum absolute atomic E-state index is 12.5. The smallest absolute Gasteiger partial charge is 0.378 e. The van der Waals surface area contributed by atoms with Gasteiger partial charge in [0.25, 0.3) is 0 Å². The topological polar surface area (TPSA) is 102 Å². The van der Waals surface area contributed by atoms with Crippen molar-refractivity contribution in [3.8, 4) is 0 Å². The first-order valence-corrected chi connectivity index (χ1v) is 12.6. The number of nitrogens with zero attached hydrogens (tertiary/aromatic N) is 4. The van der Waals surface area contributed by atoms with Crippen LogP contribution in [0.2, 0.25) is 0 Å². The van der Waals surface area contributed by atoms with Gasteiger partial charge in [0.15, 0.2) is 0 Å². The van der Waals surface area contributed by atoms with Gasteiger partial charge < -0.3 is 14.9 Å². The number of fused-ring (bicyclic) bond motifs is 2. The number of alkyl halides is 3. The lowest BCUT2D eigenvalue weighted by molar-refractivity contribution is -0.347. The average Bonchev–Trinajstić information content (AvgIpc) is 3.50. The Morgan fingerprint density at radius 1 is 0.941 bits per heavy atom. The average molecular weight is 492 g/mol. The molecule has 9 unspecified atom stereocenters. The summed E-state index contributed by atoms with van der Waals surface area (Å²) in [5.41, 5.74) is 3.07. The molecular formula is C22H36F3N5O4. The Labute approximate surface area is 197 Å². The van der Waals surface area contributed by atoms with Gasteiger partial charge in [0, 0.05) is 38.5 Å². The molecule has 5 rings (SSSR count). The van der Waals surface area contributed by atoms with Crippen LogP contribution in [0.4, 0.5) is 13.2 Å². The summed E-state index contributed by atoms with van der Waals surface area (Å²) in [5.74, 6) is 0.982. The zero-order chi connectivity index (χ0) is 23.9. The number of nitrogens with one attached hydrogen (secondary N) is 1. The van der Waals surface area contributed by atoms with E-state index in [9.17, 15) is 23.4 Å². The molecule has 0 radical (unpaired) electrons. The van der Waals surface area contributed by atoms with E-state index in [2.05, 4.69) is 25.4 Å². The molecule has 0 aromatic heterocycles. The molecular weight excluding hydrogens is 455 g/mol. The lowest BCUT2D eigenvalue weighted by Gasteiger charge is -2.37. The number of hydrogen-bond acceptors (Lipinski definition) is 9. The molecule has 0 aromatic rings. The summed E-state index contributed by atoms with van der Waals surface area (Å²) in [7, 11) is 0. The van der Waals surface area contributed by atoms with Crippen molar-refractivity contribution in [2.45, 2.75) is 88.1 Å². The summed E-state index contributed by atoms with van der Waals surface area (Å²) < 4.78 is 47.4. The molecule has 12 heteroatoms. The maximum atomic E-state index is 12.5. The molecule has 194 valence electrons. The number of halogens is 3. The van der Waals surface area contributed by atoms with E-state index >= 15 is 0 Å². The van der Waals surface area contributed by atoms with Crippen LogP contribution >= 0.6 is 0 Å². The van der Waals surface area contributed by atoms with Crippen LogP contribution in [0.15, 0.2) is 10.3 Å². The SMILES string of the molecule is OC(COC1CCCC(OC(F)(F)F)C1)N1CC2CN(C(O)C3CCC4N=NNC4C3)CC2C1. The highest BCUT2D eigenvalue weighted by Crippen LogP contribution is 2.38. The monoisotopic (exact) mass is 491 g/mol. The van der Waals surface area contributed by atoms with Crippen LogP contribution in [-0.4, -0.2) is 95.9 Å². The highest BCUT2D eigenvalue weighted by atomic mass is 19.4. The van der Waals surface area contributed by atoms with Crippen molar-refractivity contribution in [1.82, 2.24) is 15.2 Å². The fourth-order valence-electron chi connectivity index (χ4n) is 6.62. The summed E-state index contributed by atoms with van der Waals surface area (Å²) in [6.07, 6.45) is -2.40. The van der Waals surface area contributed by atoms with Crippen molar-refractivity contribution >= 4 is 0 Å². The number of likely N-dealkylation sites (tertiary alicyclic amines) is 2. The second-order valence-electron chi connectivity index (χ2n) is 10.7. The summed E-state index contributed by atoms with van der Waals surface area (Å²) in [6, 6.07) is 0.482. The highest BCUT2D eigenvalue weighted by Gasteiger charge is 2.46. The zero-order valence-corrected chi connectivity index (χ0v) is 19.3. The Kier molecular flexibility index (Phi) is 7.34. The molecule has 3 aliphatic heterocycles. The lowest BCUT2D eigenvalue weighted by atomic mass is 9.82. The molecule has 0 bridgehead atoms. The van der Waals surface area contributed by atoms with E-state index < -0.39 is 24.9 Å². The predicted octanol–water partition coefficient (Wildman–Crippen LogP) is 1.86. The normalized spacial score (nSPS) is 40.7. The van der Waals surface area contributed by atoms with Gasteiger partial charge in [0.05, 0.1) is 30.9 Å². The van der Waals surface area contributed by atoms with E-state index in [-0.39, 0.29) is 37.1 Å². The molecule has 4 fully saturated rings. The van der Waals surface area contributed by atoms with Gasteiger partial charge in [-0.15, -0.1) is 13.2 Å². The number of rotatable bonds is 7. The van der Waals surface area contributed by atoms with Gasteiger partial charge in [-0.3, -0.25) is 20.0 Å². The fourth-order valence-corrected chi connectivity index (χ4v) is 6.62. The number of ether oxygens (including phenoxy) is 2. The molecule has 9 nitrogen and oxygen atoms in total. The molecule has 2 aliphatic carbocycles. The van der Waals surface area contributed by atoms with Crippen molar-refractivity contribution < 1.29 is 32.9 Å². The standard InChI is InChI=1S/C22H36F3N5O4/c23-22(24,25)34-17-3-1-2-16(7-17)33-12-20(31)29-8-14-10-30(11-15(14)9-29)21(32)13-4-5-18-19(6-13)27-28-26-18/h13-21,31-32H,1-12H2,(H,26,27). The van der Waals surface area contributed by atoms with Crippen LogP contribution in [0.1, 0.15) is 44.9 Å². The molecule has 3 N–H and O–H groups in total. The molecule has 5 aliphatic rings. The van der Waals surface area contributed by atoms with Crippen LogP contribution in [0.25, 0.3) is 0 Å². The predicted molar refractivity (Wildman–Crippen MR) is 114 cm³/mol. The molecule has 0 amide bonds. The third-order valence-electron chi connectivity index (χ3n) is 8.40. The second-order valence-corrected chi connectivity index (χ2v) is 10.7. The second kappa shape index (κ2) is 10.1. The Morgan fingerprint density at radius 3 is 2.38 bits per heavy atom. The Balaban J connectivity index is 1.03. The van der Waals surface area contributed by atoms with E-state index in [1.54, 1.807) is 0 Å². The first-order valence-electron chi connectivity index (χ1n) is 12.6. The summed E-state index contributed by atoms with van der Waals surface area (Å²) in [6.45, 7) is 3.17. The van der Waals surface area contributed by atoms with Gasteiger partial charge in [-0.05, 0) is 50.4 Å². The summed E-state index contributed by atoms with van der Waals surface area (Å²) >= 11 is 0. The number of hydrogen-bond donors (Lipinski definition) is 3.